The molecule has 1 heterocycles. The monoisotopic (exact) mass is 607 g/mol. The molecule has 2 aromatic rings. The van der Waals surface area contributed by atoms with E-state index in [0.29, 0.717) is 5.75 Å². The number of allylic oxidation sites excluding steroid dienone is 6. The van der Waals surface area contributed by atoms with Gasteiger partial charge in [0, 0.05) is 0 Å². The number of hydrogen-bond donors (Lipinski definition) is 1. The van der Waals surface area contributed by atoms with Crippen LogP contribution in [0.5, 0.6) is 11.5 Å². The highest BCUT2D eigenvalue weighted by Gasteiger charge is 2.33. The summed E-state index contributed by atoms with van der Waals surface area (Å²) >= 11 is 0. The Morgan fingerprint density at radius 2 is 1.53 bits per heavy atom. The molecule has 0 spiro atoms. The lowest BCUT2D eigenvalue weighted by Gasteiger charge is -2.37. The molecule has 234 valence electrons. The van der Waals surface area contributed by atoms with Gasteiger partial charge in [0.1, 0.15) is 17.1 Å². The van der Waals surface area contributed by atoms with Crippen LogP contribution < -0.4 is 14.2 Å². The summed E-state index contributed by atoms with van der Waals surface area (Å²) in [6.45, 7) is 16.6. The average molecular weight is 608 g/mol. The summed E-state index contributed by atoms with van der Waals surface area (Å²) in [6, 6.07) is 8.07. The highest BCUT2D eigenvalue weighted by atomic mass is 32.2. The second kappa shape index (κ2) is 14.9. The molecular formula is C36H49NO5S. The van der Waals surface area contributed by atoms with Gasteiger partial charge in [-0.25, -0.2) is 17.9 Å². The number of sulfonamides is 1. The zero-order valence-electron chi connectivity index (χ0n) is 27.2. The summed E-state index contributed by atoms with van der Waals surface area (Å²) in [5.74, 6) is 1.17. The Labute approximate surface area is 259 Å². The second-order valence-electron chi connectivity index (χ2n) is 12.5. The molecule has 2 aromatic carbocycles. The fraction of sp³-hybridized carbons (Fsp3) is 0.472. The zero-order valence-corrected chi connectivity index (χ0v) is 28.0. The van der Waals surface area contributed by atoms with Crippen LogP contribution in [-0.2, 0) is 16.4 Å². The summed E-state index contributed by atoms with van der Waals surface area (Å²) in [5, 5.41) is 0. The third-order valence-electron chi connectivity index (χ3n) is 8.18. The number of carbonyl (C=O) groups is 1. The predicted molar refractivity (Wildman–Crippen MR) is 175 cm³/mol. The van der Waals surface area contributed by atoms with Crippen LogP contribution >= 0.6 is 0 Å². The van der Waals surface area contributed by atoms with Gasteiger partial charge in [-0.05, 0) is 142 Å². The van der Waals surface area contributed by atoms with E-state index in [4.69, 9.17) is 9.47 Å². The van der Waals surface area contributed by atoms with Crippen molar-refractivity contribution >= 4 is 16.1 Å². The number of carbonyl (C=O) groups excluding carboxylic acids is 1. The molecule has 1 aliphatic heterocycles. The maximum absolute atomic E-state index is 12.6. The Morgan fingerprint density at radius 3 is 2.16 bits per heavy atom. The van der Waals surface area contributed by atoms with Crippen LogP contribution in [0.4, 0.5) is 4.79 Å². The third kappa shape index (κ3) is 10.1. The highest BCUT2D eigenvalue weighted by Crippen LogP contribution is 2.42. The van der Waals surface area contributed by atoms with E-state index in [1.54, 1.807) is 18.2 Å². The number of benzene rings is 2. The molecule has 0 fully saturated rings. The number of rotatable bonds is 12. The van der Waals surface area contributed by atoms with Crippen LogP contribution in [0.2, 0.25) is 0 Å². The SMILES string of the molecule is CC(C)=CCC/C(C)=C/CC/C(C)=C/CC[C@]1(C)CCc2cc(OC(=O)NS(=O)(=O)c3ccc(C)cc3)c(C)c(C)c2O1. The van der Waals surface area contributed by atoms with Crippen molar-refractivity contribution in [1.29, 1.82) is 0 Å². The lowest BCUT2D eigenvalue weighted by Crippen LogP contribution is -2.37. The van der Waals surface area contributed by atoms with E-state index in [1.807, 2.05) is 25.5 Å². The molecule has 3 rings (SSSR count). The van der Waals surface area contributed by atoms with Gasteiger partial charge in [0.15, 0.2) is 0 Å². The van der Waals surface area contributed by atoms with Crippen LogP contribution in [0.15, 0.2) is 70.2 Å². The summed E-state index contributed by atoms with van der Waals surface area (Å²) in [4.78, 5) is 12.6. The Hall–Kier alpha value is -3.32. The van der Waals surface area contributed by atoms with Crippen molar-refractivity contribution in [1.82, 2.24) is 4.72 Å². The second-order valence-corrected chi connectivity index (χ2v) is 14.2. The number of nitrogens with one attached hydrogen (secondary N) is 1. The molecule has 0 saturated carbocycles. The van der Waals surface area contributed by atoms with E-state index in [0.717, 1.165) is 79.4 Å². The minimum Gasteiger partial charge on any atom is -0.487 e. The van der Waals surface area contributed by atoms with Crippen LogP contribution in [0, 0.1) is 20.8 Å². The Bertz CT molecular complexity index is 1500. The molecule has 0 radical (unpaired) electrons. The van der Waals surface area contributed by atoms with Gasteiger partial charge < -0.3 is 9.47 Å². The Kier molecular flexibility index (Phi) is 11.9. The van der Waals surface area contributed by atoms with Gasteiger partial charge >= 0.3 is 6.09 Å². The molecule has 1 amide bonds. The van der Waals surface area contributed by atoms with Crippen molar-refractivity contribution in [3.05, 3.63) is 87.5 Å². The minimum absolute atomic E-state index is 0.00350. The molecule has 0 aromatic heterocycles. The van der Waals surface area contributed by atoms with Gasteiger partial charge in [0.05, 0.1) is 4.90 Å². The molecule has 7 heteroatoms. The normalized spacial score (nSPS) is 17.1. The average Bonchev–Trinajstić information content (AvgIpc) is 2.92. The first-order valence-corrected chi connectivity index (χ1v) is 16.8. The molecular weight excluding hydrogens is 558 g/mol. The molecule has 43 heavy (non-hydrogen) atoms. The molecule has 6 nitrogen and oxygen atoms in total. The molecule has 0 bridgehead atoms. The van der Waals surface area contributed by atoms with Gasteiger partial charge in [-0.3, -0.25) is 0 Å². The van der Waals surface area contributed by atoms with E-state index in [9.17, 15) is 13.2 Å². The number of hydrogen-bond acceptors (Lipinski definition) is 5. The number of fused-ring (bicyclic) bond motifs is 1. The lowest BCUT2D eigenvalue weighted by atomic mass is 9.86. The molecule has 0 unspecified atom stereocenters. The van der Waals surface area contributed by atoms with Gasteiger partial charge in [0.2, 0.25) is 0 Å². The van der Waals surface area contributed by atoms with E-state index >= 15 is 0 Å². The summed E-state index contributed by atoms with van der Waals surface area (Å²) in [7, 11) is -4.04. The maximum atomic E-state index is 12.6. The van der Waals surface area contributed by atoms with Crippen molar-refractivity contribution < 1.29 is 22.7 Å². The van der Waals surface area contributed by atoms with E-state index in [2.05, 4.69) is 52.8 Å². The first-order valence-electron chi connectivity index (χ1n) is 15.3. The van der Waals surface area contributed by atoms with Gasteiger partial charge in [-0.2, -0.15) is 0 Å². The highest BCUT2D eigenvalue weighted by molar-refractivity contribution is 7.90. The van der Waals surface area contributed by atoms with Crippen molar-refractivity contribution in [2.75, 3.05) is 0 Å². The summed E-state index contributed by atoms with van der Waals surface area (Å²) < 4.78 is 39.3. The Balaban J connectivity index is 1.57. The number of amides is 1. The molecule has 1 aliphatic rings. The minimum atomic E-state index is -4.04. The fourth-order valence-corrected chi connectivity index (χ4v) is 6.08. The van der Waals surface area contributed by atoms with E-state index < -0.39 is 16.1 Å². The molecule has 0 saturated heterocycles. The van der Waals surface area contributed by atoms with E-state index in [-0.39, 0.29) is 10.5 Å². The molecule has 1 atom stereocenters. The van der Waals surface area contributed by atoms with Crippen molar-refractivity contribution in [3.8, 4) is 11.5 Å². The Morgan fingerprint density at radius 1 is 0.930 bits per heavy atom. The maximum Gasteiger partial charge on any atom is 0.426 e. The predicted octanol–water partition coefficient (Wildman–Crippen LogP) is 9.37. The van der Waals surface area contributed by atoms with Crippen LogP contribution in [0.25, 0.3) is 0 Å². The van der Waals surface area contributed by atoms with Gasteiger partial charge in [0.25, 0.3) is 10.0 Å². The zero-order chi connectivity index (χ0) is 31.8. The van der Waals surface area contributed by atoms with Gasteiger partial charge in [-0.1, -0.05) is 52.6 Å². The van der Waals surface area contributed by atoms with Gasteiger partial charge in [-0.15, -0.1) is 0 Å². The summed E-state index contributed by atoms with van der Waals surface area (Å²) in [5.41, 5.74) is 7.48. The third-order valence-corrected chi connectivity index (χ3v) is 9.51. The van der Waals surface area contributed by atoms with Crippen molar-refractivity contribution in [3.63, 3.8) is 0 Å². The smallest absolute Gasteiger partial charge is 0.426 e. The molecule has 1 N–H and O–H groups in total. The largest absolute Gasteiger partial charge is 0.487 e. The number of ether oxygens (including phenoxy) is 2. The number of aryl methyl sites for hydroxylation is 2. The molecule has 0 aliphatic carbocycles. The van der Waals surface area contributed by atoms with Crippen molar-refractivity contribution in [2.24, 2.45) is 0 Å². The lowest BCUT2D eigenvalue weighted by molar-refractivity contribution is 0.0560. The first-order chi connectivity index (χ1) is 20.2. The van der Waals surface area contributed by atoms with Crippen LogP contribution in [0.3, 0.4) is 0 Å². The van der Waals surface area contributed by atoms with E-state index in [1.165, 1.54) is 28.9 Å². The fourth-order valence-electron chi connectivity index (χ4n) is 5.20. The van der Waals surface area contributed by atoms with Crippen molar-refractivity contribution in [2.45, 2.75) is 117 Å². The summed E-state index contributed by atoms with van der Waals surface area (Å²) in [6.07, 6.45) is 13.8. The standard InChI is InChI=1S/C36H49NO5S/c1-25(2)12-9-13-26(3)14-10-15-27(4)16-11-22-36(8)23-21-31-24-33(29(6)30(7)34(31)42-36)41-35(38)37-43(39,40)32-19-17-28(5)18-20-32/h12,14,16-20,24H,9-11,13,15,21-23H2,1-8H3,(H,37,38)/b26-14+,27-16+/t36-/m1/s1. The first kappa shape index (κ1) is 34.2. The van der Waals surface area contributed by atoms with Crippen LogP contribution in [-0.4, -0.2) is 20.1 Å². The van der Waals surface area contributed by atoms with Crippen LogP contribution in [0.1, 0.15) is 102 Å². The quantitative estimate of drug-likeness (QED) is 0.243. The topological polar surface area (TPSA) is 81.7 Å².